The summed E-state index contributed by atoms with van der Waals surface area (Å²) < 4.78 is 25.7. The zero-order valence-corrected chi connectivity index (χ0v) is 7.63. The fraction of sp³-hybridized carbons (Fsp3) is 0.300. The Bertz CT molecular complexity index is 369. The minimum Gasteiger partial charge on any atom is -0.392 e. The molecular weight excluding hydrogens is 188 g/mol. The van der Waals surface area contributed by atoms with E-state index in [4.69, 9.17) is 4.84 Å². The van der Waals surface area contributed by atoms with Crippen LogP contribution in [-0.4, -0.2) is 11.8 Å². The molecule has 0 saturated heterocycles. The third-order valence-electron chi connectivity index (χ3n) is 2.02. The molecule has 0 radical (unpaired) electrons. The number of nitrogens with zero attached hydrogens (tertiary/aromatic N) is 1. The molecule has 0 spiro atoms. The number of oxime groups is 1. The van der Waals surface area contributed by atoms with Crippen molar-refractivity contribution in [3.05, 3.63) is 35.4 Å². The van der Waals surface area contributed by atoms with Crippen molar-refractivity contribution < 1.29 is 13.6 Å². The minimum atomic E-state index is -0.595. The molecule has 1 aliphatic rings. The molecule has 2 rings (SSSR count). The first-order valence-corrected chi connectivity index (χ1v) is 4.34. The molecule has 14 heavy (non-hydrogen) atoms. The Morgan fingerprint density at radius 2 is 1.93 bits per heavy atom. The van der Waals surface area contributed by atoms with Gasteiger partial charge in [0.25, 0.3) is 0 Å². The van der Waals surface area contributed by atoms with Crippen LogP contribution in [0.1, 0.15) is 18.9 Å². The Labute approximate surface area is 80.2 Å². The smallest absolute Gasteiger partial charge is 0.130 e. The first kappa shape index (κ1) is 9.12. The van der Waals surface area contributed by atoms with Crippen molar-refractivity contribution in [2.75, 3.05) is 0 Å². The minimum absolute atomic E-state index is 0.0173. The van der Waals surface area contributed by atoms with E-state index in [1.165, 1.54) is 12.1 Å². The summed E-state index contributed by atoms with van der Waals surface area (Å²) in [5, 5.41) is 3.75. The van der Waals surface area contributed by atoms with E-state index in [0.29, 0.717) is 17.7 Å². The normalized spacial score (nSPS) is 20.5. The van der Waals surface area contributed by atoms with E-state index < -0.39 is 11.6 Å². The summed E-state index contributed by atoms with van der Waals surface area (Å²) in [6.45, 7) is 1.85. The Balaban J connectivity index is 2.33. The van der Waals surface area contributed by atoms with E-state index in [0.717, 1.165) is 6.07 Å². The van der Waals surface area contributed by atoms with E-state index in [-0.39, 0.29) is 6.10 Å². The molecule has 0 fully saturated rings. The van der Waals surface area contributed by atoms with Crippen LogP contribution in [0.25, 0.3) is 0 Å². The van der Waals surface area contributed by atoms with E-state index in [9.17, 15) is 8.78 Å². The Morgan fingerprint density at radius 3 is 2.43 bits per heavy atom. The molecule has 2 nitrogen and oxygen atoms in total. The van der Waals surface area contributed by atoms with Gasteiger partial charge < -0.3 is 4.84 Å². The molecule has 4 heteroatoms. The van der Waals surface area contributed by atoms with Crippen LogP contribution in [0.5, 0.6) is 0 Å². The van der Waals surface area contributed by atoms with Gasteiger partial charge in [0.2, 0.25) is 0 Å². The Hall–Kier alpha value is -1.45. The predicted octanol–water partition coefficient (Wildman–Crippen LogP) is 2.48. The maximum atomic E-state index is 12.8. The van der Waals surface area contributed by atoms with Crippen LogP contribution in [0.3, 0.4) is 0 Å². The molecule has 1 aromatic carbocycles. The second kappa shape index (κ2) is 3.36. The molecule has 0 aromatic heterocycles. The highest BCUT2D eigenvalue weighted by Gasteiger charge is 2.18. The molecule has 74 valence electrons. The highest BCUT2D eigenvalue weighted by Crippen LogP contribution is 2.17. The number of rotatable bonds is 1. The summed E-state index contributed by atoms with van der Waals surface area (Å²) in [5.41, 5.74) is 1.04. The second-order valence-corrected chi connectivity index (χ2v) is 3.32. The van der Waals surface area contributed by atoms with Crippen LogP contribution in [0.2, 0.25) is 0 Å². The van der Waals surface area contributed by atoms with Gasteiger partial charge in [-0.25, -0.2) is 8.78 Å². The molecule has 1 aliphatic heterocycles. The third-order valence-corrected chi connectivity index (χ3v) is 2.02. The maximum absolute atomic E-state index is 12.8. The summed E-state index contributed by atoms with van der Waals surface area (Å²) in [7, 11) is 0. The quantitative estimate of drug-likeness (QED) is 0.677. The highest BCUT2D eigenvalue weighted by atomic mass is 19.1. The molecule has 1 heterocycles. The summed E-state index contributed by atoms with van der Waals surface area (Å²) in [4.78, 5) is 4.94. The van der Waals surface area contributed by atoms with Gasteiger partial charge in [-0.15, -0.1) is 0 Å². The lowest BCUT2D eigenvalue weighted by Crippen LogP contribution is -2.04. The van der Waals surface area contributed by atoms with Crippen molar-refractivity contribution >= 4 is 5.71 Å². The Kier molecular flexibility index (Phi) is 2.19. The van der Waals surface area contributed by atoms with E-state index in [2.05, 4.69) is 5.16 Å². The van der Waals surface area contributed by atoms with E-state index >= 15 is 0 Å². The largest absolute Gasteiger partial charge is 0.392 e. The molecule has 1 unspecified atom stereocenters. The van der Waals surface area contributed by atoms with Gasteiger partial charge in [0.15, 0.2) is 0 Å². The predicted molar refractivity (Wildman–Crippen MR) is 48.1 cm³/mol. The summed E-state index contributed by atoms with van der Waals surface area (Å²) in [5.74, 6) is -1.19. The first-order chi connectivity index (χ1) is 6.65. The van der Waals surface area contributed by atoms with Crippen molar-refractivity contribution in [3.8, 4) is 0 Å². The fourth-order valence-corrected chi connectivity index (χ4v) is 1.39. The first-order valence-electron chi connectivity index (χ1n) is 4.34. The van der Waals surface area contributed by atoms with Gasteiger partial charge in [0.1, 0.15) is 17.7 Å². The van der Waals surface area contributed by atoms with E-state index in [1.54, 1.807) is 0 Å². The molecule has 1 atom stereocenters. The van der Waals surface area contributed by atoms with Crippen LogP contribution < -0.4 is 0 Å². The number of benzene rings is 1. The standard InChI is InChI=1S/C10H9F2NO/c1-6-2-10(13-14-6)7-3-8(11)5-9(12)4-7/h3-6H,2H2,1H3. The van der Waals surface area contributed by atoms with E-state index in [1.807, 2.05) is 6.92 Å². The van der Waals surface area contributed by atoms with Crippen LogP contribution in [0.4, 0.5) is 8.78 Å². The van der Waals surface area contributed by atoms with Crippen molar-refractivity contribution in [3.63, 3.8) is 0 Å². The van der Waals surface area contributed by atoms with Crippen molar-refractivity contribution in [2.24, 2.45) is 5.16 Å². The third kappa shape index (κ3) is 1.73. The summed E-state index contributed by atoms with van der Waals surface area (Å²) in [6, 6.07) is 3.34. The SMILES string of the molecule is CC1CC(c2cc(F)cc(F)c2)=NO1. The molecule has 0 amide bonds. The van der Waals surface area contributed by atoms with Gasteiger partial charge in [-0.2, -0.15) is 0 Å². The zero-order valence-electron chi connectivity index (χ0n) is 7.63. The van der Waals surface area contributed by atoms with Gasteiger partial charge in [-0.05, 0) is 19.1 Å². The average Bonchev–Trinajstić information content (AvgIpc) is 2.50. The average molecular weight is 197 g/mol. The van der Waals surface area contributed by atoms with Gasteiger partial charge in [0, 0.05) is 18.1 Å². The van der Waals surface area contributed by atoms with Crippen LogP contribution in [-0.2, 0) is 4.84 Å². The molecule has 0 aliphatic carbocycles. The van der Waals surface area contributed by atoms with Crippen LogP contribution >= 0.6 is 0 Å². The fourth-order valence-electron chi connectivity index (χ4n) is 1.39. The van der Waals surface area contributed by atoms with Gasteiger partial charge >= 0.3 is 0 Å². The monoisotopic (exact) mass is 197 g/mol. The maximum Gasteiger partial charge on any atom is 0.130 e. The lowest BCUT2D eigenvalue weighted by atomic mass is 10.1. The Morgan fingerprint density at radius 1 is 1.29 bits per heavy atom. The zero-order chi connectivity index (χ0) is 10.1. The number of halogens is 2. The number of hydrogen-bond acceptors (Lipinski definition) is 2. The molecule has 0 saturated carbocycles. The van der Waals surface area contributed by atoms with Crippen molar-refractivity contribution in [1.82, 2.24) is 0 Å². The molecular formula is C10H9F2NO. The lowest BCUT2D eigenvalue weighted by Gasteiger charge is -1.99. The summed E-state index contributed by atoms with van der Waals surface area (Å²) in [6.07, 6.45) is 0.569. The number of hydrogen-bond donors (Lipinski definition) is 0. The molecule has 0 N–H and O–H groups in total. The second-order valence-electron chi connectivity index (χ2n) is 3.32. The topological polar surface area (TPSA) is 21.6 Å². The van der Waals surface area contributed by atoms with Gasteiger partial charge in [0.05, 0.1) is 5.71 Å². The van der Waals surface area contributed by atoms with Crippen molar-refractivity contribution in [1.29, 1.82) is 0 Å². The van der Waals surface area contributed by atoms with Gasteiger partial charge in [-0.3, -0.25) is 0 Å². The van der Waals surface area contributed by atoms with Crippen molar-refractivity contribution in [2.45, 2.75) is 19.4 Å². The highest BCUT2D eigenvalue weighted by molar-refractivity contribution is 6.01. The van der Waals surface area contributed by atoms with Crippen LogP contribution in [0, 0.1) is 11.6 Å². The van der Waals surface area contributed by atoms with Gasteiger partial charge in [-0.1, -0.05) is 5.16 Å². The van der Waals surface area contributed by atoms with Crippen LogP contribution in [0.15, 0.2) is 23.4 Å². The molecule has 1 aromatic rings. The summed E-state index contributed by atoms with van der Waals surface area (Å²) >= 11 is 0. The lowest BCUT2D eigenvalue weighted by molar-refractivity contribution is 0.0995. The molecule has 0 bridgehead atoms.